The number of alkyl halides is 3. The second-order valence-corrected chi connectivity index (χ2v) is 5.69. The predicted molar refractivity (Wildman–Crippen MR) is 77.5 cm³/mol. The van der Waals surface area contributed by atoms with Crippen LogP contribution in [0.1, 0.15) is 22.5 Å². The molecule has 130 valence electrons. The summed E-state index contributed by atoms with van der Waals surface area (Å²) in [5, 5.41) is 9.42. The van der Waals surface area contributed by atoms with Crippen LogP contribution < -0.4 is 0 Å². The third-order valence-corrected chi connectivity index (χ3v) is 4.17. The Kier molecular flexibility index (Phi) is 4.22. The molecule has 1 fully saturated rings. The molecule has 1 amide bonds. The van der Waals surface area contributed by atoms with Crippen molar-refractivity contribution in [3.05, 3.63) is 35.8 Å². The van der Waals surface area contributed by atoms with Gasteiger partial charge in [0.2, 0.25) is 0 Å². The van der Waals surface area contributed by atoms with Crippen LogP contribution >= 0.6 is 0 Å². The molecule has 0 saturated carbocycles. The number of rotatable bonds is 3. The lowest BCUT2D eigenvalue weighted by atomic mass is 10.2. The Balaban J connectivity index is 1.90. The number of carbonyl (C=O) groups is 1. The molecular formula is C15H16F3N3O3. The zero-order valence-electron chi connectivity index (χ0n) is 12.8. The standard InChI is InChI=1S/C15H16F3N3O3/c1-24-11-4-10(8-22)21(6-11)14(23)9-2-3-13-19-12(15(16,17)18)7-20(13)5-9/h2-3,5,7,10-11,22H,4,6,8H2,1H3/t10-,11+/m0/s1. The van der Waals surface area contributed by atoms with Gasteiger partial charge in [-0.1, -0.05) is 0 Å². The van der Waals surface area contributed by atoms with Gasteiger partial charge in [-0.15, -0.1) is 0 Å². The smallest absolute Gasteiger partial charge is 0.394 e. The first-order valence-corrected chi connectivity index (χ1v) is 7.34. The zero-order chi connectivity index (χ0) is 17.5. The Morgan fingerprint density at radius 1 is 1.42 bits per heavy atom. The van der Waals surface area contributed by atoms with Crippen molar-refractivity contribution in [1.29, 1.82) is 0 Å². The van der Waals surface area contributed by atoms with Crippen molar-refractivity contribution in [2.45, 2.75) is 24.7 Å². The average Bonchev–Trinajstić information content (AvgIpc) is 3.16. The molecule has 2 atom stereocenters. The van der Waals surface area contributed by atoms with Gasteiger partial charge < -0.3 is 19.1 Å². The molecule has 6 nitrogen and oxygen atoms in total. The van der Waals surface area contributed by atoms with Gasteiger partial charge in [0.1, 0.15) is 5.65 Å². The number of pyridine rings is 1. The molecule has 0 radical (unpaired) electrons. The molecule has 9 heteroatoms. The number of aliphatic hydroxyl groups excluding tert-OH is 1. The number of hydrogen-bond acceptors (Lipinski definition) is 4. The molecular weight excluding hydrogens is 327 g/mol. The molecule has 2 aromatic rings. The van der Waals surface area contributed by atoms with Gasteiger partial charge in [0.25, 0.3) is 5.91 Å². The summed E-state index contributed by atoms with van der Waals surface area (Å²) in [5.41, 5.74) is -0.682. The number of aliphatic hydroxyl groups is 1. The van der Waals surface area contributed by atoms with E-state index in [2.05, 4.69) is 4.98 Å². The lowest BCUT2D eigenvalue weighted by Crippen LogP contribution is -2.38. The van der Waals surface area contributed by atoms with E-state index in [1.54, 1.807) is 0 Å². The maximum Gasteiger partial charge on any atom is 0.434 e. The van der Waals surface area contributed by atoms with Crippen LogP contribution in [0.4, 0.5) is 13.2 Å². The molecule has 0 spiro atoms. The van der Waals surface area contributed by atoms with Crippen LogP contribution in [-0.4, -0.2) is 57.7 Å². The van der Waals surface area contributed by atoms with Crippen molar-refractivity contribution in [2.24, 2.45) is 0 Å². The molecule has 2 aromatic heterocycles. The average molecular weight is 343 g/mol. The summed E-state index contributed by atoms with van der Waals surface area (Å²) in [6, 6.07) is 2.42. The highest BCUT2D eigenvalue weighted by Gasteiger charge is 2.36. The van der Waals surface area contributed by atoms with E-state index >= 15 is 0 Å². The molecule has 1 aliphatic rings. The van der Waals surface area contributed by atoms with Gasteiger partial charge in [-0.3, -0.25) is 4.79 Å². The van der Waals surface area contributed by atoms with Gasteiger partial charge in [0.05, 0.1) is 24.3 Å². The first kappa shape index (κ1) is 16.7. The lowest BCUT2D eigenvalue weighted by Gasteiger charge is -2.22. The monoisotopic (exact) mass is 343 g/mol. The van der Waals surface area contributed by atoms with E-state index in [9.17, 15) is 23.1 Å². The minimum atomic E-state index is -4.54. The Bertz CT molecular complexity index is 759. The highest BCUT2D eigenvalue weighted by Crippen LogP contribution is 2.29. The van der Waals surface area contributed by atoms with Crippen LogP contribution in [-0.2, 0) is 10.9 Å². The van der Waals surface area contributed by atoms with E-state index in [-0.39, 0.29) is 35.9 Å². The number of imidazole rings is 1. The number of methoxy groups -OCH3 is 1. The van der Waals surface area contributed by atoms with Crippen molar-refractivity contribution < 1.29 is 27.8 Å². The minimum Gasteiger partial charge on any atom is -0.394 e. The van der Waals surface area contributed by atoms with Gasteiger partial charge in [-0.2, -0.15) is 13.2 Å². The van der Waals surface area contributed by atoms with Crippen LogP contribution in [0.3, 0.4) is 0 Å². The van der Waals surface area contributed by atoms with E-state index in [0.717, 1.165) is 6.20 Å². The van der Waals surface area contributed by atoms with Crippen molar-refractivity contribution in [1.82, 2.24) is 14.3 Å². The van der Waals surface area contributed by atoms with Crippen LogP contribution in [0, 0.1) is 0 Å². The van der Waals surface area contributed by atoms with E-state index in [0.29, 0.717) is 13.0 Å². The first-order chi connectivity index (χ1) is 11.3. The molecule has 1 saturated heterocycles. The minimum absolute atomic E-state index is 0.105. The van der Waals surface area contributed by atoms with Crippen LogP contribution in [0.2, 0.25) is 0 Å². The maximum absolute atomic E-state index is 12.7. The number of carbonyl (C=O) groups excluding carboxylic acids is 1. The van der Waals surface area contributed by atoms with Crippen LogP contribution in [0.15, 0.2) is 24.5 Å². The van der Waals surface area contributed by atoms with Crippen molar-refractivity contribution >= 4 is 11.6 Å². The Labute approximate surface area is 135 Å². The van der Waals surface area contributed by atoms with E-state index in [1.807, 2.05) is 0 Å². The van der Waals surface area contributed by atoms with Crippen molar-refractivity contribution in [3.8, 4) is 0 Å². The number of likely N-dealkylation sites (tertiary alicyclic amines) is 1. The zero-order valence-corrected chi connectivity index (χ0v) is 12.8. The SMILES string of the molecule is CO[C@@H]1C[C@@H](CO)N(C(=O)c2ccc3nc(C(F)(F)F)cn3c2)C1. The Morgan fingerprint density at radius 3 is 2.79 bits per heavy atom. The number of ether oxygens (including phenoxy) is 1. The molecule has 0 bridgehead atoms. The van der Waals surface area contributed by atoms with E-state index < -0.39 is 11.9 Å². The van der Waals surface area contributed by atoms with E-state index in [1.165, 1.54) is 34.7 Å². The molecule has 0 aliphatic carbocycles. The highest BCUT2D eigenvalue weighted by molar-refractivity contribution is 5.94. The van der Waals surface area contributed by atoms with Gasteiger partial charge in [-0.25, -0.2) is 4.98 Å². The number of nitrogens with zero attached hydrogens (tertiary/aromatic N) is 3. The summed E-state index contributed by atoms with van der Waals surface area (Å²) in [4.78, 5) is 17.6. The number of aromatic nitrogens is 2. The van der Waals surface area contributed by atoms with Gasteiger partial charge in [0, 0.05) is 26.0 Å². The predicted octanol–water partition coefficient (Wildman–Crippen LogP) is 1.57. The van der Waals surface area contributed by atoms with Crippen LogP contribution in [0.5, 0.6) is 0 Å². The second kappa shape index (κ2) is 6.06. The van der Waals surface area contributed by atoms with Crippen LogP contribution in [0.25, 0.3) is 5.65 Å². The summed E-state index contributed by atoms with van der Waals surface area (Å²) >= 11 is 0. The molecule has 0 aromatic carbocycles. The fourth-order valence-electron chi connectivity index (χ4n) is 2.89. The fraction of sp³-hybridized carbons (Fsp3) is 0.467. The molecule has 24 heavy (non-hydrogen) atoms. The van der Waals surface area contributed by atoms with Gasteiger partial charge >= 0.3 is 6.18 Å². The summed E-state index contributed by atoms with van der Waals surface area (Å²) in [6.07, 6.45) is -2.03. The van der Waals surface area contributed by atoms with Crippen molar-refractivity contribution in [2.75, 3.05) is 20.3 Å². The summed E-state index contributed by atoms with van der Waals surface area (Å²) in [6.45, 7) is 0.132. The Morgan fingerprint density at radius 2 is 2.17 bits per heavy atom. The van der Waals surface area contributed by atoms with E-state index in [4.69, 9.17) is 4.74 Å². The number of hydrogen-bond donors (Lipinski definition) is 1. The van der Waals surface area contributed by atoms with Gasteiger partial charge in [0.15, 0.2) is 5.69 Å². The topological polar surface area (TPSA) is 67.1 Å². The lowest BCUT2D eigenvalue weighted by molar-refractivity contribution is -0.140. The molecule has 3 rings (SSSR count). The summed E-state index contributed by atoms with van der Waals surface area (Å²) in [7, 11) is 1.53. The highest BCUT2D eigenvalue weighted by atomic mass is 19.4. The molecule has 0 unspecified atom stereocenters. The third-order valence-electron chi connectivity index (χ3n) is 4.17. The number of fused-ring (bicyclic) bond motifs is 1. The first-order valence-electron chi connectivity index (χ1n) is 7.34. The maximum atomic E-state index is 12.7. The third kappa shape index (κ3) is 2.96. The quantitative estimate of drug-likeness (QED) is 0.919. The fourth-order valence-corrected chi connectivity index (χ4v) is 2.89. The largest absolute Gasteiger partial charge is 0.434 e. The summed E-state index contributed by atoms with van der Waals surface area (Å²) < 4.78 is 44.6. The Hall–Kier alpha value is -2.13. The number of halogens is 3. The molecule has 1 aliphatic heterocycles. The summed E-state index contributed by atoms with van der Waals surface area (Å²) in [5.74, 6) is -0.363. The normalized spacial score (nSPS) is 21.6. The second-order valence-electron chi connectivity index (χ2n) is 5.69. The molecule has 3 heterocycles. The van der Waals surface area contributed by atoms with Crippen molar-refractivity contribution in [3.63, 3.8) is 0 Å². The number of amides is 1. The van der Waals surface area contributed by atoms with Gasteiger partial charge in [-0.05, 0) is 18.6 Å². The molecule has 1 N–H and O–H groups in total.